The standard InChI is InChI=1S/C5H12.C4H8O2.C4H10O/c1-3-5-4-2;1-3-6-4(2)5;1-3-5-4-2/h3-5H2,1-2H3;3H2,1-2H3;3-4H2,1-2H3. The molecular formula is C13H30O3. The van der Waals surface area contributed by atoms with Crippen molar-refractivity contribution in [2.45, 2.75) is 60.8 Å². The first-order valence-corrected chi connectivity index (χ1v) is 6.31. The Bertz CT molecular complexity index is 104. The molecule has 0 atom stereocenters. The molecule has 0 aromatic rings. The monoisotopic (exact) mass is 234 g/mol. The van der Waals surface area contributed by atoms with Crippen LogP contribution in [0.1, 0.15) is 60.8 Å². The van der Waals surface area contributed by atoms with Gasteiger partial charge in [-0.15, -0.1) is 0 Å². The summed E-state index contributed by atoms with van der Waals surface area (Å²) in [6.45, 7) is 13.7. The zero-order valence-electron chi connectivity index (χ0n) is 12.0. The number of rotatable bonds is 5. The first-order valence-electron chi connectivity index (χ1n) is 6.31. The van der Waals surface area contributed by atoms with E-state index in [2.05, 4.69) is 18.6 Å². The molecule has 3 nitrogen and oxygen atoms in total. The number of carbonyl (C=O) groups excluding carboxylic acids is 1. The van der Waals surface area contributed by atoms with Crippen molar-refractivity contribution in [2.75, 3.05) is 19.8 Å². The number of hydrogen-bond acceptors (Lipinski definition) is 3. The summed E-state index contributed by atoms with van der Waals surface area (Å²) in [5, 5.41) is 0. The van der Waals surface area contributed by atoms with E-state index in [0.717, 1.165) is 13.2 Å². The number of esters is 1. The molecule has 0 bridgehead atoms. The Morgan fingerprint density at radius 1 is 0.875 bits per heavy atom. The van der Waals surface area contributed by atoms with Crippen LogP contribution in [0.4, 0.5) is 0 Å². The molecule has 0 saturated heterocycles. The molecule has 0 aromatic carbocycles. The number of carbonyl (C=O) groups is 1. The predicted octanol–water partition coefficient (Wildman–Crippen LogP) is 3.81. The molecule has 0 spiro atoms. The van der Waals surface area contributed by atoms with Gasteiger partial charge in [0.15, 0.2) is 0 Å². The highest BCUT2D eigenvalue weighted by atomic mass is 16.5. The lowest BCUT2D eigenvalue weighted by atomic mass is 10.3. The maximum atomic E-state index is 9.82. The highest BCUT2D eigenvalue weighted by molar-refractivity contribution is 5.65. The molecule has 0 amide bonds. The molecular weight excluding hydrogens is 204 g/mol. The molecule has 0 aliphatic rings. The molecule has 0 saturated carbocycles. The fourth-order valence-electron chi connectivity index (χ4n) is 0.761. The molecule has 100 valence electrons. The smallest absolute Gasteiger partial charge is 0.302 e. The molecule has 0 unspecified atom stereocenters. The summed E-state index contributed by atoms with van der Waals surface area (Å²) in [6, 6.07) is 0. The van der Waals surface area contributed by atoms with Crippen molar-refractivity contribution in [3.05, 3.63) is 0 Å². The van der Waals surface area contributed by atoms with Crippen molar-refractivity contribution in [3.8, 4) is 0 Å². The Labute approximate surface area is 102 Å². The average molecular weight is 234 g/mol. The summed E-state index contributed by atoms with van der Waals surface area (Å²) < 4.78 is 9.24. The van der Waals surface area contributed by atoms with Gasteiger partial charge in [-0.1, -0.05) is 33.1 Å². The second-order valence-electron chi connectivity index (χ2n) is 3.06. The van der Waals surface area contributed by atoms with Gasteiger partial charge in [-0.3, -0.25) is 4.79 Å². The first kappa shape index (κ1) is 20.8. The third-order valence-electron chi connectivity index (χ3n) is 1.46. The lowest BCUT2D eigenvalue weighted by Crippen LogP contribution is -1.95. The number of hydrogen-bond donors (Lipinski definition) is 0. The van der Waals surface area contributed by atoms with Crippen LogP contribution in [0.5, 0.6) is 0 Å². The van der Waals surface area contributed by atoms with Crippen LogP contribution >= 0.6 is 0 Å². The number of unbranched alkanes of at least 4 members (excludes halogenated alkanes) is 2. The molecule has 16 heavy (non-hydrogen) atoms. The van der Waals surface area contributed by atoms with Crippen molar-refractivity contribution in [2.24, 2.45) is 0 Å². The molecule has 0 radical (unpaired) electrons. The quantitative estimate of drug-likeness (QED) is 0.679. The van der Waals surface area contributed by atoms with Crippen molar-refractivity contribution in [1.29, 1.82) is 0 Å². The van der Waals surface area contributed by atoms with E-state index in [4.69, 9.17) is 4.74 Å². The number of ether oxygens (including phenoxy) is 2. The Morgan fingerprint density at radius 3 is 1.31 bits per heavy atom. The van der Waals surface area contributed by atoms with E-state index < -0.39 is 0 Å². The van der Waals surface area contributed by atoms with E-state index in [0.29, 0.717) is 6.61 Å². The van der Waals surface area contributed by atoms with Gasteiger partial charge in [0.25, 0.3) is 0 Å². The van der Waals surface area contributed by atoms with Crippen molar-refractivity contribution in [1.82, 2.24) is 0 Å². The maximum Gasteiger partial charge on any atom is 0.302 e. The Morgan fingerprint density at radius 2 is 1.31 bits per heavy atom. The highest BCUT2D eigenvalue weighted by Crippen LogP contribution is 1.88. The summed E-state index contributed by atoms with van der Waals surface area (Å²) in [4.78, 5) is 9.82. The van der Waals surface area contributed by atoms with Gasteiger partial charge in [-0.05, 0) is 20.8 Å². The lowest BCUT2D eigenvalue weighted by molar-refractivity contribution is -0.140. The fourth-order valence-corrected chi connectivity index (χ4v) is 0.761. The second kappa shape index (κ2) is 23.9. The molecule has 0 aromatic heterocycles. The largest absolute Gasteiger partial charge is 0.466 e. The zero-order chi connectivity index (χ0) is 13.2. The molecule has 0 N–H and O–H groups in total. The van der Waals surface area contributed by atoms with E-state index >= 15 is 0 Å². The minimum atomic E-state index is -0.211. The van der Waals surface area contributed by atoms with Gasteiger partial charge in [0.05, 0.1) is 6.61 Å². The average Bonchev–Trinajstić information content (AvgIpc) is 2.21. The van der Waals surface area contributed by atoms with E-state index in [9.17, 15) is 4.79 Å². The molecule has 0 aliphatic carbocycles. The zero-order valence-corrected chi connectivity index (χ0v) is 12.0. The third kappa shape index (κ3) is 50.2. The third-order valence-corrected chi connectivity index (χ3v) is 1.46. The topological polar surface area (TPSA) is 35.5 Å². The second-order valence-corrected chi connectivity index (χ2v) is 3.06. The molecule has 0 heterocycles. The SMILES string of the molecule is CCCCC.CCOC(C)=O.CCOCC. The lowest BCUT2D eigenvalue weighted by Gasteiger charge is -1.89. The van der Waals surface area contributed by atoms with Crippen LogP contribution in [0.3, 0.4) is 0 Å². The Hall–Kier alpha value is -0.570. The Balaban J connectivity index is -0.000000160. The predicted molar refractivity (Wildman–Crippen MR) is 69.7 cm³/mol. The Kier molecular flexibility index (Phi) is 31.1. The van der Waals surface area contributed by atoms with Gasteiger partial charge in [-0.25, -0.2) is 0 Å². The summed E-state index contributed by atoms with van der Waals surface area (Å²) in [7, 11) is 0. The minimum Gasteiger partial charge on any atom is -0.466 e. The van der Waals surface area contributed by atoms with Crippen LogP contribution in [-0.4, -0.2) is 25.8 Å². The van der Waals surface area contributed by atoms with Crippen molar-refractivity contribution in [3.63, 3.8) is 0 Å². The van der Waals surface area contributed by atoms with Gasteiger partial charge >= 0.3 is 5.97 Å². The van der Waals surface area contributed by atoms with Gasteiger partial charge in [0.2, 0.25) is 0 Å². The van der Waals surface area contributed by atoms with Crippen molar-refractivity contribution >= 4 is 5.97 Å². The summed E-state index contributed by atoms with van der Waals surface area (Å²) in [6.07, 6.45) is 4.08. The van der Waals surface area contributed by atoms with E-state index in [1.165, 1.54) is 26.2 Å². The normalized spacial score (nSPS) is 8.12. The highest BCUT2D eigenvalue weighted by Gasteiger charge is 1.81. The van der Waals surface area contributed by atoms with Crippen LogP contribution < -0.4 is 0 Å². The summed E-state index contributed by atoms with van der Waals surface area (Å²) >= 11 is 0. The van der Waals surface area contributed by atoms with Gasteiger partial charge in [0, 0.05) is 20.1 Å². The molecule has 0 aliphatic heterocycles. The van der Waals surface area contributed by atoms with E-state index in [-0.39, 0.29) is 5.97 Å². The fraction of sp³-hybridized carbons (Fsp3) is 0.923. The van der Waals surface area contributed by atoms with Crippen LogP contribution in [0, 0.1) is 0 Å². The summed E-state index contributed by atoms with van der Waals surface area (Å²) in [5.41, 5.74) is 0. The van der Waals surface area contributed by atoms with Crippen LogP contribution in [-0.2, 0) is 14.3 Å². The van der Waals surface area contributed by atoms with Crippen LogP contribution in [0.15, 0.2) is 0 Å². The van der Waals surface area contributed by atoms with E-state index in [1.54, 1.807) is 6.92 Å². The van der Waals surface area contributed by atoms with E-state index in [1.807, 2.05) is 13.8 Å². The van der Waals surface area contributed by atoms with Gasteiger partial charge in [0.1, 0.15) is 0 Å². The maximum absolute atomic E-state index is 9.82. The molecule has 0 fully saturated rings. The minimum absolute atomic E-state index is 0.211. The van der Waals surface area contributed by atoms with Crippen LogP contribution in [0.2, 0.25) is 0 Å². The van der Waals surface area contributed by atoms with Crippen LogP contribution in [0.25, 0.3) is 0 Å². The molecule has 0 rings (SSSR count). The molecule has 3 heteroatoms. The van der Waals surface area contributed by atoms with Gasteiger partial charge < -0.3 is 9.47 Å². The summed E-state index contributed by atoms with van der Waals surface area (Å²) in [5.74, 6) is -0.211. The first-order chi connectivity index (χ1) is 7.60. The van der Waals surface area contributed by atoms with Gasteiger partial charge in [-0.2, -0.15) is 0 Å². The van der Waals surface area contributed by atoms with Crippen molar-refractivity contribution < 1.29 is 14.3 Å².